The highest BCUT2D eigenvalue weighted by atomic mass is 16.3. The quantitative estimate of drug-likeness (QED) is 0.848. The molecule has 2 N–H and O–H groups in total. The first-order valence-corrected chi connectivity index (χ1v) is 7.20. The van der Waals surface area contributed by atoms with Crippen LogP contribution in [0.25, 0.3) is 0 Å². The van der Waals surface area contributed by atoms with Gasteiger partial charge in [-0.15, -0.1) is 0 Å². The Bertz CT molecular complexity index is 555. The van der Waals surface area contributed by atoms with Crippen LogP contribution in [0, 0.1) is 13.8 Å². The van der Waals surface area contributed by atoms with Gasteiger partial charge in [0, 0.05) is 31.0 Å². The van der Waals surface area contributed by atoms with Crippen molar-refractivity contribution in [3.05, 3.63) is 58.4 Å². The number of hydrogen-bond acceptors (Lipinski definition) is 2. The molecule has 0 amide bonds. The molecule has 0 unspecified atom stereocenters. The molecule has 0 radical (unpaired) electrons. The molecule has 1 aromatic carbocycles. The number of nitrogens with one attached hydrogen (secondary N) is 1. The van der Waals surface area contributed by atoms with Crippen molar-refractivity contribution in [3.63, 3.8) is 0 Å². The number of benzene rings is 1. The Balaban J connectivity index is 1.92. The van der Waals surface area contributed by atoms with Gasteiger partial charge in [-0.05, 0) is 43.5 Å². The fourth-order valence-electron chi connectivity index (χ4n) is 2.64. The largest absolute Gasteiger partial charge is 0.392 e. The van der Waals surface area contributed by atoms with E-state index >= 15 is 0 Å². The van der Waals surface area contributed by atoms with E-state index in [2.05, 4.69) is 48.9 Å². The SMILES string of the molecule is CCn1c(C)cc(CNCc2ccc(CO)cc2)c1C. The number of nitrogens with zero attached hydrogens (tertiary/aromatic N) is 1. The van der Waals surface area contributed by atoms with E-state index in [1.54, 1.807) is 0 Å². The van der Waals surface area contributed by atoms with Crippen LogP contribution in [0.15, 0.2) is 30.3 Å². The summed E-state index contributed by atoms with van der Waals surface area (Å²) in [4.78, 5) is 0. The van der Waals surface area contributed by atoms with Crippen LogP contribution in [0.1, 0.15) is 35.0 Å². The molecule has 1 heterocycles. The Morgan fingerprint density at radius 2 is 1.70 bits per heavy atom. The molecule has 0 aliphatic carbocycles. The van der Waals surface area contributed by atoms with Crippen LogP contribution < -0.4 is 5.32 Å². The van der Waals surface area contributed by atoms with Crippen molar-refractivity contribution >= 4 is 0 Å². The molecule has 20 heavy (non-hydrogen) atoms. The molecular formula is C17H24N2O. The summed E-state index contributed by atoms with van der Waals surface area (Å²) in [6, 6.07) is 10.3. The minimum Gasteiger partial charge on any atom is -0.392 e. The maximum Gasteiger partial charge on any atom is 0.0681 e. The Kier molecular flexibility index (Phi) is 4.99. The second-order valence-electron chi connectivity index (χ2n) is 5.22. The molecule has 0 bridgehead atoms. The zero-order valence-electron chi connectivity index (χ0n) is 12.6. The maximum absolute atomic E-state index is 9.02. The van der Waals surface area contributed by atoms with Gasteiger partial charge >= 0.3 is 0 Å². The molecule has 0 saturated heterocycles. The maximum atomic E-state index is 9.02. The Morgan fingerprint density at radius 3 is 2.25 bits per heavy atom. The van der Waals surface area contributed by atoms with E-state index in [1.165, 1.54) is 22.5 Å². The summed E-state index contributed by atoms with van der Waals surface area (Å²) in [6.07, 6.45) is 0. The summed E-state index contributed by atoms with van der Waals surface area (Å²) in [6.45, 7) is 9.40. The van der Waals surface area contributed by atoms with E-state index in [-0.39, 0.29) is 6.61 Å². The predicted molar refractivity (Wildman–Crippen MR) is 82.5 cm³/mol. The van der Waals surface area contributed by atoms with Gasteiger partial charge in [-0.2, -0.15) is 0 Å². The van der Waals surface area contributed by atoms with Crippen LogP contribution in [0.3, 0.4) is 0 Å². The molecule has 108 valence electrons. The van der Waals surface area contributed by atoms with E-state index in [0.29, 0.717) is 0 Å². The smallest absolute Gasteiger partial charge is 0.0681 e. The Labute approximate surface area is 121 Å². The van der Waals surface area contributed by atoms with Crippen LogP contribution in [0.4, 0.5) is 0 Å². The molecule has 2 rings (SSSR count). The van der Waals surface area contributed by atoms with Crippen LogP contribution >= 0.6 is 0 Å². The van der Waals surface area contributed by atoms with Crippen LogP contribution in [0.2, 0.25) is 0 Å². The number of aryl methyl sites for hydroxylation is 1. The number of aliphatic hydroxyl groups excluding tert-OH is 1. The van der Waals surface area contributed by atoms with Crippen LogP contribution in [0.5, 0.6) is 0 Å². The van der Waals surface area contributed by atoms with E-state index in [1.807, 2.05) is 12.1 Å². The summed E-state index contributed by atoms with van der Waals surface area (Å²) in [5, 5.41) is 12.5. The second kappa shape index (κ2) is 6.73. The summed E-state index contributed by atoms with van der Waals surface area (Å²) in [5.74, 6) is 0. The zero-order valence-corrected chi connectivity index (χ0v) is 12.6. The van der Waals surface area contributed by atoms with Gasteiger partial charge in [-0.3, -0.25) is 0 Å². The summed E-state index contributed by atoms with van der Waals surface area (Å²) in [5.41, 5.74) is 6.25. The number of rotatable bonds is 6. The summed E-state index contributed by atoms with van der Waals surface area (Å²) in [7, 11) is 0. The molecule has 0 fully saturated rings. The van der Waals surface area contributed by atoms with Crippen molar-refractivity contribution in [2.45, 2.75) is 47.0 Å². The monoisotopic (exact) mass is 272 g/mol. The molecule has 2 aromatic rings. The van der Waals surface area contributed by atoms with E-state index in [9.17, 15) is 0 Å². The lowest BCUT2D eigenvalue weighted by Crippen LogP contribution is -2.13. The van der Waals surface area contributed by atoms with Crippen molar-refractivity contribution in [1.29, 1.82) is 0 Å². The molecule has 0 aliphatic rings. The van der Waals surface area contributed by atoms with Gasteiger partial charge in [0.15, 0.2) is 0 Å². The first-order valence-electron chi connectivity index (χ1n) is 7.20. The van der Waals surface area contributed by atoms with Crippen molar-refractivity contribution < 1.29 is 5.11 Å². The first kappa shape index (κ1) is 14.8. The summed E-state index contributed by atoms with van der Waals surface area (Å²) < 4.78 is 2.34. The Morgan fingerprint density at radius 1 is 1.05 bits per heavy atom. The molecule has 0 aliphatic heterocycles. The lowest BCUT2D eigenvalue weighted by molar-refractivity contribution is 0.282. The van der Waals surface area contributed by atoms with Crippen molar-refractivity contribution in [3.8, 4) is 0 Å². The Hall–Kier alpha value is -1.58. The fraction of sp³-hybridized carbons (Fsp3) is 0.412. The highest BCUT2D eigenvalue weighted by Crippen LogP contribution is 2.15. The first-order chi connectivity index (χ1) is 9.65. The molecule has 3 heteroatoms. The standard InChI is InChI=1S/C17H24N2O/c1-4-19-13(2)9-17(14(19)3)11-18-10-15-5-7-16(12-20)8-6-15/h5-9,18,20H,4,10-12H2,1-3H3. The van der Waals surface area contributed by atoms with Gasteiger partial charge < -0.3 is 15.0 Å². The van der Waals surface area contributed by atoms with Gasteiger partial charge in [-0.25, -0.2) is 0 Å². The summed E-state index contributed by atoms with van der Waals surface area (Å²) >= 11 is 0. The van der Waals surface area contributed by atoms with Gasteiger partial charge in [0.2, 0.25) is 0 Å². The minimum absolute atomic E-state index is 0.108. The molecular weight excluding hydrogens is 248 g/mol. The average molecular weight is 272 g/mol. The number of hydrogen-bond donors (Lipinski definition) is 2. The highest BCUT2D eigenvalue weighted by Gasteiger charge is 2.06. The number of aliphatic hydroxyl groups is 1. The average Bonchev–Trinajstić information content (AvgIpc) is 2.74. The van der Waals surface area contributed by atoms with E-state index in [0.717, 1.165) is 25.2 Å². The van der Waals surface area contributed by atoms with Gasteiger partial charge in [-0.1, -0.05) is 24.3 Å². The second-order valence-corrected chi connectivity index (χ2v) is 5.22. The molecule has 0 spiro atoms. The normalized spacial score (nSPS) is 11.0. The van der Waals surface area contributed by atoms with Crippen LogP contribution in [-0.2, 0) is 26.2 Å². The van der Waals surface area contributed by atoms with Gasteiger partial charge in [0.1, 0.15) is 0 Å². The molecule has 0 saturated carbocycles. The predicted octanol–water partition coefficient (Wildman–Crippen LogP) is 2.91. The van der Waals surface area contributed by atoms with Gasteiger partial charge in [0.25, 0.3) is 0 Å². The fourth-order valence-corrected chi connectivity index (χ4v) is 2.64. The molecule has 3 nitrogen and oxygen atoms in total. The van der Waals surface area contributed by atoms with E-state index in [4.69, 9.17) is 5.11 Å². The minimum atomic E-state index is 0.108. The van der Waals surface area contributed by atoms with Crippen molar-refractivity contribution in [2.75, 3.05) is 0 Å². The lowest BCUT2D eigenvalue weighted by Gasteiger charge is -2.08. The van der Waals surface area contributed by atoms with Crippen molar-refractivity contribution in [2.24, 2.45) is 0 Å². The third-order valence-electron chi connectivity index (χ3n) is 3.84. The van der Waals surface area contributed by atoms with Crippen LogP contribution in [-0.4, -0.2) is 9.67 Å². The van der Waals surface area contributed by atoms with E-state index < -0.39 is 0 Å². The molecule has 0 atom stereocenters. The number of aromatic nitrogens is 1. The lowest BCUT2D eigenvalue weighted by atomic mass is 10.1. The topological polar surface area (TPSA) is 37.2 Å². The highest BCUT2D eigenvalue weighted by molar-refractivity contribution is 5.27. The molecule has 1 aromatic heterocycles. The third-order valence-corrected chi connectivity index (χ3v) is 3.84. The third kappa shape index (κ3) is 3.30. The zero-order chi connectivity index (χ0) is 14.5. The van der Waals surface area contributed by atoms with Gasteiger partial charge in [0.05, 0.1) is 6.61 Å². The van der Waals surface area contributed by atoms with Crippen molar-refractivity contribution in [1.82, 2.24) is 9.88 Å².